The Kier molecular flexibility index (Phi) is 4.74. The van der Waals surface area contributed by atoms with E-state index in [0.717, 1.165) is 0 Å². The molecule has 24 heavy (non-hydrogen) atoms. The maximum atomic E-state index is 13.8. The molecule has 0 aliphatic carbocycles. The fraction of sp³-hybridized carbons (Fsp3) is 0.235. The Morgan fingerprint density at radius 3 is 2.92 bits per heavy atom. The second-order valence-electron chi connectivity index (χ2n) is 5.05. The molecule has 0 unspecified atom stereocenters. The van der Waals surface area contributed by atoms with Gasteiger partial charge in [-0.25, -0.2) is 4.39 Å². The summed E-state index contributed by atoms with van der Waals surface area (Å²) >= 11 is 6.15. The Labute approximate surface area is 143 Å². The van der Waals surface area contributed by atoms with Crippen LogP contribution in [0.1, 0.15) is 16.7 Å². The number of benzene rings is 2. The number of methoxy groups -OCH3 is 1. The Balaban J connectivity index is 1.89. The molecule has 0 saturated carbocycles. The van der Waals surface area contributed by atoms with Gasteiger partial charge in [0, 0.05) is 17.2 Å². The van der Waals surface area contributed by atoms with E-state index in [1.54, 1.807) is 0 Å². The monoisotopic (exact) mass is 349 g/mol. The van der Waals surface area contributed by atoms with Crippen molar-refractivity contribution < 1.29 is 23.3 Å². The molecular weight excluding hydrogens is 337 g/mol. The Morgan fingerprint density at radius 2 is 2.17 bits per heavy atom. The number of nitriles is 1. The van der Waals surface area contributed by atoms with Gasteiger partial charge in [0.2, 0.25) is 0 Å². The van der Waals surface area contributed by atoms with Gasteiger partial charge in [-0.05, 0) is 18.2 Å². The van der Waals surface area contributed by atoms with Crippen molar-refractivity contribution in [1.29, 1.82) is 5.26 Å². The number of fused-ring (bicyclic) bond motifs is 1. The molecule has 1 heterocycles. The lowest BCUT2D eigenvalue weighted by Crippen LogP contribution is -2.14. The largest absolute Gasteiger partial charge is 0.493 e. The second-order valence-corrected chi connectivity index (χ2v) is 5.46. The predicted molar refractivity (Wildman–Crippen MR) is 83.7 cm³/mol. The van der Waals surface area contributed by atoms with E-state index >= 15 is 0 Å². The van der Waals surface area contributed by atoms with Crippen LogP contribution in [0, 0.1) is 17.1 Å². The van der Waals surface area contributed by atoms with Crippen LogP contribution in [0.3, 0.4) is 0 Å². The summed E-state index contributed by atoms with van der Waals surface area (Å²) in [4.78, 5) is 0. The average molecular weight is 350 g/mol. The zero-order chi connectivity index (χ0) is 17.1. The van der Waals surface area contributed by atoms with Crippen molar-refractivity contribution >= 4 is 11.6 Å². The van der Waals surface area contributed by atoms with Crippen LogP contribution in [0.4, 0.5) is 4.39 Å². The van der Waals surface area contributed by atoms with Crippen LogP contribution in [0.25, 0.3) is 0 Å². The summed E-state index contributed by atoms with van der Waals surface area (Å²) in [5, 5.41) is 9.21. The van der Waals surface area contributed by atoms with Gasteiger partial charge in [0.15, 0.2) is 18.3 Å². The first-order valence-electron chi connectivity index (χ1n) is 7.04. The molecule has 0 saturated heterocycles. The molecule has 0 spiro atoms. The van der Waals surface area contributed by atoms with E-state index in [1.807, 2.05) is 6.07 Å². The summed E-state index contributed by atoms with van der Waals surface area (Å²) < 4.78 is 35.3. The normalized spacial score (nSPS) is 12.8. The molecule has 0 bridgehead atoms. The van der Waals surface area contributed by atoms with Crippen LogP contribution in [-0.4, -0.2) is 13.9 Å². The Morgan fingerprint density at radius 1 is 1.33 bits per heavy atom. The first-order valence-corrected chi connectivity index (χ1v) is 7.42. The van der Waals surface area contributed by atoms with Gasteiger partial charge in [0.25, 0.3) is 0 Å². The molecule has 0 fully saturated rings. The van der Waals surface area contributed by atoms with Crippen molar-refractivity contribution in [3.05, 3.63) is 51.8 Å². The molecule has 7 heteroatoms. The zero-order valence-electron chi connectivity index (χ0n) is 12.8. The number of ether oxygens (including phenoxy) is 4. The van der Waals surface area contributed by atoms with Crippen LogP contribution < -0.4 is 14.2 Å². The molecule has 5 nitrogen and oxygen atoms in total. The van der Waals surface area contributed by atoms with Gasteiger partial charge < -0.3 is 18.9 Å². The van der Waals surface area contributed by atoms with Gasteiger partial charge in [0.05, 0.1) is 30.4 Å². The number of nitrogens with zero attached hydrogens (tertiary/aromatic N) is 1. The molecule has 1 aliphatic rings. The molecule has 0 amide bonds. The molecule has 2 aromatic carbocycles. The van der Waals surface area contributed by atoms with Crippen molar-refractivity contribution in [3.8, 4) is 23.3 Å². The molecule has 2 aromatic rings. The van der Waals surface area contributed by atoms with E-state index < -0.39 is 5.82 Å². The van der Waals surface area contributed by atoms with Crippen molar-refractivity contribution in [2.75, 3.05) is 13.9 Å². The summed E-state index contributed by atoms with van der Waals surface area (Å²) in [6, 6.07) is 7.70. The summed E-state index contributed by atoms with van der Waals surface area (Å²) in [6.07, 6.45) is 0. The lowest BCUT2D eigenvalue weighted by atomic mass is 10.1. The topological polar surface area (TPSA) is 60.7 Å². The van der Waals surface area contributed by atoms with Gasteiger partial charge in [-0.1, -0.05) is 11.6 Å². The molecular formula is C17H13ClFNO4. The van der Waals surface area contributed by atoms with Crippen molar-refractivity contribution in [1.82, 2.24) is 0 Å². The fourth-order valence-electron chi connectivity index (χ4n) is 2.44. The van der Waals surface area contributed by atoms with E-state index in [-0.39, 0.29) is 30.8 Å². The second kappa shape index (κ2) is 6.95. The number of hydrogen-bond acceptors (Lipinski definition) is 5. The summed E-state index contributed by atoms with van der Waals surface area (Å²) in [6.45, 7) is 0.412. The molecule has 3 rings (SSSR count). The quantitative estimate of drug-likeness (QED) is 0.840. The maximum absolute atomic E-state index is 13.8. The lowest BCUT2D eigenvalue weighted by Gasteiger charge is -2.21. The van der Waals surface area contributed by atoms with E-state index in [9.17, 15) is 4.39 Å². The minimum absolute atomic E-state index is 0.0298. The third-order valence-electron chi connectivity index (χ3n) is 3.48. The van der Waals surface area contributed by atoms with Crippen LogP contribution in [0.5, 0.6) is 17.2 Å². The fourth-order valence-corrected chi connectivity index (χ4v) is 2.70. The third-order valence-corrected chi connectivity index (χ3v) is 3.76. The molecule has 124 valence electrons. The van der Waals surface area contributed by atoms with Crippen molar-refractivity contribution in [2.45, 2.75) is 13.2 Å². The highest BCUT2D eigenvalue weighted by atomic mass is 35.5. The van der Waals surface area contributed by atoms with Gasteiger partial charge in [0.1, 0.15) is 18.2 Å². The highest BCUT2D eigenvalue weighted by Crippen LogP contribution is 2.38. The lowest BCUT2D eigenvalue weighted by molar-refractivity contribution is -0.0178. The molecule has 0 atom stereocenters. The minimum Gasteiger partial charge on any atom is -0.493 e. The summed E-state index contributed by atoms with van der Waals surface area (Å²) in [5.41, 5.74) is 1.52. The van der Waals surface area contributed by atoms with Gasteiger partial charge >= 0.3 is 0 Å². The number of hydrogen-bond donors (Lipinski definition) is 0. The minimum atomic E-state index is -0.403. The van der Waals surface area contributed by atoms with E-state index in [2.05, 4.69) is 0 Å². The summed E-state index contributed by atoms with van der Waals surface area (Å²) in [5.74, 6) is 0.752. The van der Waals surface area contributed by atoms with Crippen molar-refractivity contribution in [3.63, 3.8) is 0 Å². The summed E-state index contributed by atoms with van der Waals surface area (Å²) in [7, 11) is 1.45. The third kappa shape index (κ3) is 3.23. The predicted octanol–water partition coefficient (Wildman–Crippen LogP) is 3.80. The maximum Gasteiger partial charge on any atom is 0.189 e. The van der Waals surface area contributed by atoms with Crippen LogP contribution in [0.15, 0.2) is 24.3 Å². The van der Waals surface area contributed by atoms with Crippen LogP contribution >= 0.6 is 11.6 Å². The zero-order valence-corrected chi connectivity index (χ0v) is 13.5. The average Bonchev–Trinajstić information content (AvgIpc) is 2.59. The van der Waals surface area contributed by atoms with Gasteiger partial charge in [-0.2, -0.15) is 5.26 Å². The Bertz CT molecular complexity index is 819. The highest BCUT2D eigenvalue weighted by molar-refractivity contribution is 6.32. The van der Waals surface area contributed by atoms with E-state index in [0.29, 0.717) is 28.2 Å². The molecule has 1 aliphatic heterocycles. The van der Waals surface area contributed by atoms with E-state index in [4.69, 9.17) is 35.8 Å². The SMILES string of the molecule is COc1cc(C#N)cc(Cl)c1OCc1cc(F)cc2c1OCOC2. The van der Waals surface area contributed by atoms with Gasteiger partial charge in [-0.15, -0.1) is 0 Å². The highest BCUT2D eigenvalue weighted by Gasteiger charge is 2.19. The Hall–Kier alpha value is -2.49. The van der Waals surface area contributed by atoms with Crippen LogP contribution in [-0.2, 0) is 18.0 Å². The molecule has 0 N–H and O–H groups in total. The van der Waals surface area contributed by atoms with Crippen molar-refractivity contribution in [2.24, 2.45) is 0 Å². The molecule has 0 aromatic heterocycles. The van der Waals surface area contributed by atoms with Gasteiger partial charge in [-0.3, -0.25) is 0 Å². The smallest absolute Gasteiger partial charge is 0.189 e. The number of halogens is 2. The van der Waals surface area contributed by atoms with E-state index in [1.165, 1.54) is 31.4 Å². The first-order chi connectivity index (χ1) is 11.6. The molecule has 0 radical (unpaired) electrons. The van der Waals surface area contributed by atoms with Crippen LogP contribution in [0.2, 0.25) is 5.02 Å². The standard InChI is InChI=1S/C17H13ClFNO4/c1-21-15-3-10(6-20)2-14(18)17(15)23-8-12-5-13(19)4-11-7-22-9-24-16(11)12/h2-5H,7-9H2,1H3. The number of rotatable bonds is 4. The first kappa shape index (κ1) is 16.4.